The van der Waals surface area contributed by atoms with Crippen LogP contribution < -0.4 is 10.6 Å². The topological polar surface area (TPSA) is 50.4 Å². The van der Waals surface area contributed by atoms with Gasteiger partial charge in [-0.25, -0.2) is 13.6 Å². The van der Waals surface area contributed by atoms with Gasteiger partial charge >= 0.3 is 6.03 Å². The predicted octanol–water partition coefficient (Wildman–Crippen LogP) is 2.75. The maximum atomic E-state index is 13.1. The lowest BCUT2D eigenvalue weighted by Crippen LogP contribution is -2.37. The number of amides is 2. The van der Waals surface area contributed by atoms with Gasteiger partial charge in [-0.15, -0.1) is 0 Å². The Bertz CT molecular complexity index is 441. The number of halogens is 2. The molecule has 1 aromatic rings. The molecule has 0 saturated carbocycles. The maximum absolute atomic E-state index is 13.1. The standard InChI is InChI=1S/C14H20F2N2O2/c1-3-20-8-4-7-17-14(19)18-10(2)11-5-6-12(15)13(16)9-11/h5-6,9-10H,3-4,7-8H2,1-2H3,(H2,17,18,19). The molecule has 2 N–H and O–H groups in total. The molecule has 6 heteroatoms. The summed E-state index contributed by atoms with van der Waals surface area (Å²) in [6.07, 6.45) is 0.723. The largest absolute Gasteiger partial charge is 0.382 e. The number of rotatable bonds is 7. The molecule has 0 radical (unpaired) electrons. The maximum Gasteiger partial charge on any atom is 0.315 e. The molecule has 112 valence electrons. The van der Waals surface area contributed by atoms with E-state index in [1.807, 2.05) is 6.92 Å². The van der Waals surface area contributed by atoms with Gasteiger partial charge in [0.2, 0.25) is 0 Å². The molecule has 0 aliphatic rings. The second-order valence-corrected chi connectivity index (χ2v) is 4.35. The molecule has 0 aromatic heterocycles. The van der Waals surface area contributed by atoms with E-state index < -0.39 is 17.7 Å². The summed E-state index contributed by atoms with van der Waals surface area (Å²) in [6.45, 7) is 5.35. The highest BCUT2D eigenvalue weighted by Gasteiger charge is 2.11. The average molecular weight is 286 g/mol. The van der Waals surface area contributed by atoms with Gasteiger partial charge in [-0.1, -0.05) is 6.07 Å². The van der Waals surface area contributed by atoms with Crippen LogP contribution in [0.5, 0.6) is 0 Å². The molecule has 1 rings (SSSR count). The average Bonchev–Trinajstić information content (AvgIpc) is 2.41. The SMILES string of the molecule is CCOCCCNC(=O)NC(C)c1ccc(F)c(F)c1. The number of carbonyl (C=O) groups excluding carboxylic acids is 1. The minimum absolute atomic E-state index is 0.348. The van der Waals surface area contributed by atoms with Crippen LogP contribution in [-0.4, -0.2) is 25.8 Å². The summed E-state index contributed by atoms with van der Waals surface area (Å²) in [6, 6.07) is 2.81. The number of ether oxygens (including phenoxy) is 1. The number of benzene rings is 1. The highest BCUT2D eigenvalue weighted by molar-refractivity contribution is 5.74. The fourth-order valence-electron chi connectivity index (χ4n) is 1.63. The molecular weight excluding hydrogens is 266 g/mol. The fourth-order valence-corrected chi connectivity index (χ4v) is 1.63. The highest BCUT2D eigenvalue weighted by atomic mass is 19.2. The summed E-state index contributed by atoms with van der Waals surface area (Å²) >= 11 is 0. The summed E-state index contributed by atoms with van der Waals surface area (Å²) in [4.78, 5) is 11.6. The molecule has 0 heterocycles. The summed E-state index contributed by atoms with van der Waals surface area (Å²) in [5.41, 5.74) is 0.508. The Hall–Kier alpha value is -1.69. The van der Waals surface area contributed by atoms with Crippen molar-refractivity contribution >= 4 is 6.03 Å². The Morgan fingerprint density at radius 1 is 1.35 bits per heavy atom. The van der Waals surface area contributed by atoms with Crippen LogP contribution in [0.15, 0.2) is 18.2 Å². The lowest BCUT2D eigenvalue weighted by atomic mass is 10.1. The van der Waals surface area contributed by atoms with Crippen LogP contribution in [0, 0.1) is 11.6 Å². The van der Waals surface area contributed by atoms with Gasteiger partial charge < -0.3 is 15.4 Å². The van der Waals surface area contributed by atoms with Crippen molar-refractivity contribution in [1.29, 1.82) is 0 Å². The number of hydrogen-bond donors (Lipinski definition) is 2. The zero-order chi connectivity index (χ0) is 15.0. The van der Waals surface area contributed by atoms with Crippen molar-refractivity contribution in [3.63, 3.8) is 0 Å². The minimum Gasteiger partial charge on any atom is -0.382 e. The van der Waals surface area contributed by atoms with Crippen molar-refractivity contribution in [2.24, 2.45) is 0 Å². The monoisotopic (exact) mass is 286 g/mol. The number of urea groups is 1. The van der Waals surface area contributed by atoms with E-state index >= 15 is 0 Å². The zero-order valence-electron chi connectivity index (χ0n) is 11.7. The normalized spacial score (nSPS) is 12.0. The van der Waals surface area contributed by atoms with E-state index in [0.29, 0.717) is 25.3 Å². The molecule has 1 atom stereocenters. The van der Waals surface area contributed by atoms with E-state index in [-0.39, 0.29) is 6.03 Å². The molecule has 20 heavy (non-hydrogen) atoms. The number of carbonyl (C=O) groups is 1. The fraction of sp³-hybridized carbons (Fsp3) is 0.500. The molecule has 2 amide bonds. The molecule has 1 unspecified atom stereocenters. The smallest absolute Gasteiger partial charge is 0.315 e. The first-order valence-electron chi connectivity index (χ1n) is 6.61. The van der Waals surface area contributed by atoms with Crippen LogP contribution in [0.3, 0.4) is 0 Å². The Morgan fingerprint density at radius 3 is 2.75 bits per heavy atom. The van der Waals surface area contributed by atoms with Crippen LogP contribution in [0.1, 0.15) is 31.9 Å². The third-order valence-electron chi connectivity index (χ3n) is 2.75. The minimum atomic E-state index is -0.923. The second kappa shape index (κ2) is 8.47. The summed E-state index contributed by atoms with van der Waals surface area (Å²) in [5, 5.41) is 5.32. The Balaban J connectivity index is 2.35. The lowest BCUT2D eigenvalue weighted by molar-refractivity contribution is 0.145. The van der Waals surface area contributed by atoms with Gasteiger partial charge in [0, 0.05) is 19.8 Å². The van der Waals surface area contributed by atoms with Gasteiger partial charge in [0.25, 0.3) is 0 Å². The van der Waals surface area contributed by atoms with Gasteiger partial charge in [-0.2, -0.15) is 0 Å². The van der Waals surface area contributed by atoms with Gasteiger partial charge in [-0.3, -0.25) is 0 Å². The lowest BCUT2D eigenvalue weighted by Gasteiger charge is -2.15. The number of hydrogen-bond acceptors (Lipinski definition) is 2. The molecule has 0 aliphatic heterocycles. The van der Waals surface area contributed by atoms with Crippen molar-refractivity contribution in [3.8, 4) is 0 Å². The van der Waals surface area contributed by atoms with Gasteiger partial charge in [0.05, 0.1) is 6.04 Å². The molecule has 0 saturated heterocycles. The van der Waals surface area contributed by atoms with Crippen molar-refractivity contribution in [2.75, 3.05) is 19.8 Å². The molecule has 0 bridgehead atoms. The molecule has 1 aromatic carbocycles. The van der Waals surface area contributed by atoms with Crippen molar-refractivity contribution in [3.05, 3.63) is 35.4 Å². The van der Waals surface area contributed by atoms with Crippen molar-refractivity contribution in [2.45, 2.75) is 26.3 Å². The molecule has 0 aliphatic carbocycles. The van der Waals surface area contributed by atoms with E-state index in [2.05, 4.69) is 10.6 Å². The predicted molar refractivity (Wildman–Crippen MR) is 72.4 cm³/mol. The van der Waals surface area contributed by atoms with Crippen molar-refractivity contribution in [1.82, 2.24) is 10.6 Å². The Labute approximate surface area is 117 Å². The summed E-state index contributed by atoms with van der Waals surface area (Å²) in [5.74, 6) is -1.82. The molecule has 0 spiro atoms. The van der Waals surface area contributed by atoms with Gasteiger partial charge in [-0.05, 0) is 38.0 Å². The number of nitrogens with one attached hydrogen (secondary N) is 2. The third-order valence-corrected chi connectivity index (χ3v) is 2.75. The van der Waals surface area contributed by atoms with Crippen LogP contribution in [0.25, 0.3) is 0 Å². The Morgan fingerprint density at radius 2 is 2.10 bits per heavy atom. The van der Waals surface area contributed by atoms with Gasteiger partial charge in [0.1, 0.15) is 0 Å². The van der Waals surface area contributed by atoms with E-state index in [1.54, 1.807) is 6.92 Å². The first kappa shape index (κ1) is 16.4. The zero-order valence-corrected chi connectivity index (χ0v) is 11.7. The highest BCUT2D eigenvalue weighted by Crippen LogP contribution is 2.15. The quantitative estimate of drug-likeness (QED) is 0.757. The third kappa shape index (κ3) is 5.52. The van der Waals surface area contributed by atoms with E-state index in [0.717, 1.165) is 18.6 Å². The first-order chi connectivity index (χ1) is 9.54. The summed E-state index contributed by atoms with van der Waals surface area (Å²) < 4.78 is 31.0. The second-order valence-electron chi connectivity index (χ2n) is 4.35. The van der Waals surface area contributed by atoms with Crippen LogP contribution >= 0.6 is 0 Å². The van der Waals surface area contributed by atoms with Gasteiger partial charge in [0.15, 0.2) is 11.6 Å². The Kier molecular flexibility index (Phi) is 6.93. The summed E-state index contributed by atoms with van der Waals surface area (Å²) in [7, 11) is 0. The molecular formula is C14H20F2N2O2. The molecule has 4 nitrogen and oxygen atoms in total. The first-order valence-corrected chi connectivity index (χ1v) is 6.61. The van der Waals surface area contributed by atoms with E-state index in [9.17, 15) is 13.6 Å². The van der Waals surface area contributed by atoms with Crippen molar-refractivity contribution < 1.29 is 18.3 Å². The van der Waals surface area contributed by atoms with E-state index in [1.165, 1.54) is 6.07 Å². The van der Waals surface area contributed by atoms with Crippen LogP contribution in [-0.2, 0) is 4.74 Å². The van der Waals surface area contributed by atoms with Crippen LogP contribution in [0.2, 0.25) is 0 Å². The molecule has 0 fully saturated rings. The van der Waals surface area contributed by atoms with E-state index in [4.69, 9.17) is 4.74 Å². The van der Waals surface area contributed by atoms with Crippen LogP contribution in [0.4, 0.5) is 13.6 Å².